The van der Waals surface area contributed by atoms with E-state index in [9.17, 15) is 12.8 Å². The lowest BCUT2D eigenvalue weighted by Gasteiger charge is -2.09. The van der Waals surface area contributed by atoms with E-state index in [1.54, 1.807) is 13.0 Å². The zero-order valence-corrected chi connectivity index (χ0v) is 14.4. The molecular formula is C17H14ClFN2O2S. The lowest BCUT2D eigenvalue weighted by atomic mass is 10.2. The molecule has 2 aromatic carbocycles. The minimum atomic E-state index is -3.65. The van der Waals surface area contributed by atoms with Gasteiger partial charge in [-0.05, 0) is 31.2 Å². The maximum atomic E-state index is 13.8. The van der Waals surface area contributed by atoms with E-state index in [-0.39, 0.29) is 16.3 Å². The van der Waals surface area contributed by atoms with Crippen molar-refractivity contribution < 1.29 is 12.8 Å². The Hall–Kier alpha value is -2.05. The maximum Gasteiger partial charge on any atom is 0.160 e. The fourth-order valence-electron chi connectivity index (χ4n) is 2.41. The topological polar surface area (TPSA) is 59.9 Å². The van der Waals surface area contributed by atoms with Crippen LogP contribution in [0.3, 0.4) is 0 Å². The SMILES string of the molecule is Cc1nc2ccccc2nc1CS(=O)(=O)Cc1c(F)cccc1Cl. The predicted molar refractivity (Wildman–Crippen MR) is 92.0 cm³/mol. The first-order valence-corrected chi connectivity index (χ1v) is 9.41. The third-order valence-corrected chi connectivity index (χ3v) is 5.42. The summed E-state index contributed by atoms with van der Waals surface area (Å²) in [4.78, 5) is 8.75. The largest absolute Gasteiger partial charge is 0.250 e. The Bertz CT molecular complexity index is 1000. The second-order valence-corrected chi connectivity index (χ2v) is 7.95. The molecule has 0 saturated heterocycles. The molecule has 1 aromatic heterocycles. The van der Waals surface area contributed by atoms with Gasteiger partial charge in [-0.25, -0.2) is 22.8 Å². The number of aromatic nitrogens is 2. The third-order valence-electron chi connectivity index (χ3n) is 3.63. The van der Waals surface area contributed by atoms with Gasteiger partial charge in [0.1, 0.15) is 5.82 Å². The van der Waals surface area contributed by atoms with Gasteiger partial charge < -0.3 is 0 Å². The summed E-state index contributed by atoms with van der Waals surface area (Å²) in [5, 5.41) is 0.0971. The minimum absolute atomic E-state index is 0.0226. The molecule has 124 valence electrons. The van der Waals surface area contributed by atoms with Gasteiger partial charge in [-0.15, -0.1) is 0 Å². The van der Waals surface area contributed by atoms with Crippen molar-refractivity contribution in [2.45, 2.75) is 18.4 Å². The summed E-state index contributed by atoms with van der Waals surface area (Å²) in [5.41, 5.74) is 2.20. The van der Waals surface area contributed by atoms with Crippen LogP contribution in [0.2, 0.25) is 5.02 Å². The Balaban J connectivity index is 1.93. The summed E-state index contributed by atoms with van der Waals surface area (Å²) in [6.45, 7) is 1.71. The quantitative estimate of drug-likeness (QED) is 0.705. The number of sulfone groups is 1. The van der Waals surface area contributed by atoms with Gasteiger partial charge in [0, 0.05) is 10.6 Å². The van der Waals surface area contributed by atoms with Crippen LogP contribution in [-0.2, 0) is 21.3 Å². The predicted octanol–water partition coefficient (Wildman–Crippen LogP) is 3.85. The Morgan fingerprint density at radius 1 is 1.00 bits per heavy atom. The summed E-state index contributed by atoms with van der Waals surface area (Å²) in [6.07, 6.45) is 0. The molecule has 0 atom stereocenters. The van der Waals surface area contributed by atoms with Crippen molar-refractivity contribution in [2.24, 2.45) is 0 Å². The van der Waals surface area contributed by atoms with Gasteiger partial charge in [-0.1, -0.05) is 29.8 Å². The van der Waals surface area contributed by atoms with Crippen molar-refractivity contribution in [1.29, 1.82) is 0 Å². The van der Waals surface area contributed by atoms with Crippen molar-refractivity contribution in [3.05, 3.63) is 70.3 Å². The second kappa shape index (κ2) is 6.45. The molecule has 0 aliphatic carbocycles. The molecular weight excluding hydrogens is 351 g/mol. The summed E-state index contributed by atoms with van der Waals surface area (Å²) in [7, 11) is -3.65. The van der Waals surface area contributed by atoms with E-state index < -0.39 is 21.4 Å². The van der Waals surface area contributed by atoms with Crippen molar-refractivity contribution in [1.82, 2.24) is 9.97 Å². The van der Waals surface area contributed by atoms with Crippen LogP contribution in [-0.4, -0.2) is 18.4 Å². The average molecular weight is 365 g/mol. The molecule has 0 fully saturated rings. The lowest BCUT2D eigenvalue weighted by Crippen LogP contribution is -2.12. The van der Waals surface area contributed by atoms with E-state index in [1.165, 1.54) is 18.2 Å². The fourth-order valence-corrected chi connectivity index (χ4v) is 4.25. The number of fused-ring (bicyclic) bond motifs is 1. The smallest absolute Gasteiger partial charge is 0.160 e. The first-order valence-electron chi connectivity index (χ1n) is 7.21. The normalized spacial score (nSPS) is 11.8. The number of para-hydroxylation sites is 2. The van der Waals surface area contributed by atoms with E-state index >= 15 is 0 Å². The molecule has 0 amide bonds. The molecule has 0 aliphatic rings. The first-order chi connectivity index (χ1) is 11.4. The van der Waals surface area contributed by atoms with Crippen molar-refractivity contribution in [3.63, 3.8) is 0 Å². The van der Waals surface area contributed by atoms with E-state index in [2.05, 4.69) is 9.97 Å². The van der Waals surface area contributed by atoms with E-state index in [1.807, 2.05) is 18.2 Å². The molecule has 24 heavy (non-hydrogen) atoms. The summed E-state index contributed by atoms with van der Waals surface area (Å²) in [5.74, 6) is -1.43. The molecule has 0 aliphatic heterocycles. The van der Waals surface area contributed by atoms with E-state index in [4.69, 9.17) is 11.6 Å². The highest BCUT2D eigenvalue weighted by Gasteiger charge is 2.20. The van der Waals surface area contributed by atoms with Crippen LogP contribution >= 0.6 is 11.6 Å². The fraction of sp³-hybridized carbons (Fsp3) is 0.176. The first kappa shape index (κ1) is 16.8. The molecule has 3 rings (SSSR count). The summed E-state index contributed by atoms with van der Waals surface area (Å²) >= 11 is 5.92. The summed E-state index contributed by atoms with van der Waals surface area (Å²) in [6, 6.07) is 11.3. The minimum Gasteiger partial charge on any atom is -0.250 e. The zero-order valence-electron chi connectivity index (χ0n) is 12.8. The van der Waals surface area contributed by atoms with Gasteiger partial charge in [-0.3, -0.25) is 0 Å². The van der Waals surface area contributed by atoms with Gasteiger partial charge in [0.25, 0.3) is 0 Å². The number of halogens is 2. The number of benzene rings is 2. The van der Waals surface area contributed by atoms with Crippen LogP contribution in [0.1, 0.15) is 17.0 Å². The average Bonchev–Trinajstić information content (AvgIpc) is 2.52. The number of rotatable bonds is 4. The Labute approximate surface area is 144 Å². The number of hydrogen-bond acceptors (Lipinski definition) is 4. The second-order valence-electron chi connectivity index (χ2n) is 5.48. The van der Waals surface area contributed by atoms with Crippen LogP contribution in [0.15, 0.2) is 42.5 Å². The molecule has 3 aromatic rings. The van der Waals surface area contributed by atoms with Gasteiger partial charge in [0.2, 0.25) is 0 Å². The molecule has 7 heteroatoms. The standard InChI is InChI=1S/C17H14ClFN2O2S/c1-11-17(21-16-8-3-2-7-15(16)20-11)10-24(22,23)9-12-13(18)5-4-6-14(12)19/h2-8H,9-10H2,1H3. The Kier molecular flexibility index (Phi) is 4.51. The highest BCUT2D eigenvalue weighted by atomic mass is 35.5. The van der Waals surface area contributed by atoms with E-state index in [0.29, 0.717) is 22.4 Å². The maximum absolute atomic E-state index is 13.8. The van der Waals surface area contributed by atoms with Gasteiger partial charge in [0.05, 0.1) is 33.9 Å². The zero-order chi connectivity index (χ0) is 17.3. The molecule has 4 nitrogen and oxygen atoms in total. The number of aryl methyl sites for hydroxylation is 1. The monoisotopic (exact) mass is 364 g/mol. The van der Waals surface area contributed by atoms with E-state index in [0.717, 1.165) is 0 Å². The lowest BCUT2D eigenvalue weighted by molar-refractivity contribution is 0.585. The summed E-state index contributed by atoms with van der Waals surface area (Å²) < 4.78 is 38.8. The molecule has 0 saturated carbocycles. The Morgan fingerprint density at radius 3 is 2.33 bits per heavy atom. The van der Waals surface area contributed by atoms with Gasteiger partial charge in [-0.2, -0.15) is 0 Å². The van der Waals surface area contributed by atoms with Crippen LogP contribution in [0.25, 0.3) is 11.0 Å². The third kappa shape index (κ3) is 3.55. The number of hydrogen-bond donors (Lipinski definition) is 0. The van der Waals surface area contributed by atoms with Crippen molar-refractivity contribution in [3.8, 4) is 0 Å². The van der Waals surface area contributed by atoms with Crippen LogP contribution in [0.5, 0.6) is 0 Å². The van der Waals surface area contributed by atoms with Crippen LogP contribution < -0.4 is 0 Å². The molecule has 0 spiro atoms. The molecule has 0 unspecified atom stereocenters. The molecule has 0 bridgehead atoms. The van der Waals surface area contributed by atoms with Crippen LogP contribution in [0, 0.1) is 12.7 Å². The highest BCUT2D eigenvalue weighted by molar-refractivity contribution is 7.89. The van der Waals surface area contributed by atoms with Gasteiger partial charge >= 0.3 is 0 Å². The van der Waals surface area contributed by atoms with Crippen molar-refractivity contribution in [2.75, 3.05) is 0 Å². The van der Waals surface area contributed by atoms with Gasteiger partial charge in [0.15, 0.2) is 9.84 Å². The molecule has 0 N–H and O–H groups in total. The Morgan fingerprint density at radius 2 is 1.67 bits per heavy atom. The highest BCUT2D eigenvalue weighted by Crippen LogP contribution is 2.23. The van der Waals surface area contributed by atoms with Crippen LogP contribution in [0.4, 0.5) is 4.39 Å². The molecule has 0 radical (unpaired) electrons. The van der Waals surface area contributed by atoms with Crippen molar-refractivity contribution >= 4 is 32.5 Å². The number of nitrogens with zero attached hydrogens (tertiary/aromatic N) is 2. The molecule has 1 heterocycles.